The number of amides is 2. The lowest BCUT2D eigenvalue weighted by Crippen LogP contribution is -2.45. The van der Waals surface area contributed by atoms with Crippen LogP contribution in [0, 0.1) is 0 Å². The zero-order valence-corrected chi connectivity index (χ0v) is 16.4. The van der Waals surface area contributed by atoms with Crippen LogP contribution in [0.25, 0.3) is 0 Å². The third-order valence-electron chi connectivity index (χ3n) is 3.58. The van der Waals surface area contributed by atoms with Crippen LogP contribution in [0.5, 0.6) is 0 Å². The molecule has 1 heterocycles. The van der Waals surface area contributed by atoms with Gasteiger partial charge >= 0.3 is 0 Å². The third kappa shape index (κ3) is 4.29. The van der Waals surface area contributed by atoms with Crippen LogP contribution < -0.4 is 10.7 Å². The van der Waals surface area contributed by atoms with Crippen LogP contribution in [0.3, 0.4) is 0 Å². The highest BCUT2D eigenvalue weighted by Gasteiger charge is 2.28. The lowest BCUT2D eigenvalue weighted by atomic mass is 10.1. The number of hydrazine groups is 1. The van der Waals surface area contributed by atoms with Crippen molar-refractivity contribution in [3.63, 3.8) is 0 Å². The van der Waals surface area contributed by atoms with Gasteiger partial charge in [-0.15, -0.1) is 0 Å². The smallest absolute Gasteiger partial charge is 0.257 e. The summed E-state index contributed by atoms with van der Waals surface area (Å²) in [4.78, 5) is 24.1. The molecule has 0 radical (unpaired) electrons. The van der Waals surface area contributed by atoms with E-state index < -0.39 is 0 Å². The van der Waals surface area contributed by atoms with Crippen molar-refractivity contribution in [2.75, 3.05) is 11.1 Å². The first-order valence-electron chi connectivity index (χ1n) is 7.54. The fourth-order valence-corrected chi connectivity index (χ4v) is 3.82. The van der Waals surface area contributed by atoms with Crippen LogP contribution in [0.2, 0.25) is 10.0 Å². The summed E-state index contributed by atoms with van der Waals surface area (Å²) >= 11 is 18.7. The molecule has 0 aromatic heterocycles. The Bertz CT molecular complexity index is 856. The molecule has 1 aliphatic heterocycles. The zero-order valence-electron chi connectivity index (χ0n) is 13.3. The van der Waals surface area contributed by atoms with Gasteiger partial charge in [-0.1, -0.05) is 71.4 Å². The minimum absolute atomic E-state index is 0.0578. The van der Waals surface area contributed by atoms with Crippen molar-refractivity contribution < 1.29 is 9.59 Å². The maximum absolute atomic E-state index is 12.3. The second kappa shape index (κ2) is 8.26. The van der Waals surface area contributed by atoms with Crippen LogP contribution in [-0.4, -0.2) is 26.9 Å². The van der Waals surface area contributed by atoms with Gasteiger partial charge in [0.15, 0.2) is 4.32 Å². The largest absolute Gasteiger partial charge is 0.353 e. The molecule has 9 heteroatoms. The Morgan fingerprint density at radius 2 is 1.85 bits per heavy atom. The summed E-state index contributed by atoms with van der Waals surface area (Å²) in [6.07, 6.45) is 0.0578. The van der Waals surface area contributed by atoms with E-state index in [0.29, 0.717) is 25.7 Å². The molecular weight excluding hydrogens is 413 g/mol. The van der Waals surface area contributed by atoms with Gasteiger partial charge in [-0.25, -0.2) is 5.01 Å². The lowest BCUT2D eigenvalue weighted by molar-refractivity contribution is -0.133. The van der Waals surface area contributed by atoms with Crippen molar-refractivity contribution in [2.24, 2.45) is 0 Å². The van der Waals surface area contributed by atoms with E-state index in [2.05, 4.69) is 10.7 Å². The Balaban J connectivity index is 1.76. The van der Waals surface area contributed by atoms with E-state index in [4.69, 9.17) is 35.4 Å². The predicted molar refractivity (Wildman–Crippen MR) is 110 cm³/mol. The summed E-state index contributed by atoms with van der Waals surface area (Å²) < 4.78 is 0.345. The monoisotopic (exact) mass is 425 g/mol. The molecule has 134 valence electrons. The summed E-state index contributed by atoms with van der Waals surface area (Å²) in [7, 11) is 0. The van der Waals surface area contributed by atoms with Gasteiger partial charge in [0.1, 0.15) is 0 Å². The maximum atomic E-state index is 12.3. The lowest BCUT2D eigenvalue weighted by Gasteiger charge is -2.17. The summed E-state index contributed by atoms with van der Waals surface area (Å²) in [5.74, 6) is -0.340. The Kier molecular flexibility index (Phi) is 6.03. The molecule has 0 spiro atoms. The highest BCUT2D eigenvalue weighted by molar-refractivity contribution is 8.23. The molecule has 0 unspecified atom stereocenters. The van der Waals surface area contributed by atoms with Crippen molar-refractivity contribution in [3.05, 3.63) is 58.1 Å². The van der Waals surface area contributed by atoms with E-state index in [1.54, 1.807) is 18.2 Å². The number of anilines is 2. The van der Waals surface area contributed by atoms with Gasteiger partial charge in [-0.3, -0.25) is 15.0 Å². The molecular formula is C17H13Cl2N3O2S2. The van der Waals surface area contributed by atoms with Crippen molar-refractivity contribution in [2.45, 2.75) is 6.42 Å². The van der Waals surface area contributed by atoms with Gasteiger partial charge in [0.25, 0.3) is 5.91 Å². The van der Waals surface area contributed by atoms with E-state index in [-0.39, 0.29) is 24.0 Å². The van der Waals surface area contributed by atoms with Gasteiger partial charge < -0.3 is 5.32 Å². The van der Waals surface area contributed by atoms with Gasteiger partial charge in [0.05, 0.1) is 27.9 Å². The first-order chi connectivity index (χ1) is 12.5. The van der Waals surface area contributed by atoms with Crippen molar-refractivity contribution >= 4 is 74.7 Å². The second-order valence-electron chi connectivity index (χ2n) is 5.37. The third-order valence-corrected chi connectivity index (χ3v) is 5.57. The number of carbonyl (C=O) groups excluding carboxylic acids is 2. The van der Waals surface area contributed by atoms with Crippen molar-refractivity contribution in [1.29, 1.82) is 0 Å². The van der Waals surface area contributed by atoms with Gasteiger partial charge in [-0.2, -0.15) is 0 Å². The van der Waals surface area contributed by atoms with Crippen molar-refractivity contribution in [1.82, 2.24) is 10.4 Å². The highest BCUT2D eigenvalue weighted by Crippen LogP contribution is 2.33. The molecule has 2 N–H and O–H groups in total. The summed E-state index contributed by atoms with van der Waals surface area (Å²) in [5, 5.41) is 5.23. The Morgan fingerprint density at radius 3 is 2.50 bits per heavy atom. The first-order valence-corrected chi connectivity index (χ1v) is 9.69. The number of thioether (sulfide) groups is 1. The SMILES string of the molecule is O=C(Cc1ccccc1Nc1c(Cl)cccc1Cl)NN1C(=O)CSC1=S. The molecule has 2 amide bonds. The number of rotatable bonds is 5. The van der Waals surface area contributed by atoms with Crippen molar-refractivity contribution in [3.8, 4) is 0 Å². The minimum atomic E-state index is -0.345. The number of nitrogens with zero attached hydrogens (tertiary/aromatic N) is 1. The average molecular weight is 426 g/mol. The minimum Gasteiger partial charge on any atom is -0.353 e. The fraction of sp³-hybridized carbons (Fsp3) is 0.118. The molecule has 1 saturated heterocycles. The van der Waals surface area contributed by atoms with E-state index in [1.807, 2.05) is 24.3 Å². The molecule has 0 aliphatic carbocycles. The quantitative estimate of drug-likeness (QED) is 0.703. The number of hydrogen-bond donors (Lipinski definition) is 2. The van der Waals surface area contributed by atoms with E-state index in [9.17, 15) is 9.59 Å². The van der Waals surface area contributed by atoms with E-state index in [1.165, 1.54) is 11.8 Å². The Hall–Kier alpha value is -1.80. The van der Waals surface area contributed by atoms with Gasteiger partial charge in [0.2, 0.25) is 5.91 Å². The number of thiocarbonyl (C=S) groups is 1. The van der Waals surface area contributed by atoms with Gasteiger partial charge in [-0.05, 0) is 23.8 Å². The predicted octanol–water partition coefficient (Wildman–Crippen LogP) is 4.17. The Morgan fingerprint density at radius 1 is 1.15 bits per heavy atom. The topological polar surface area (TPSA) is 61.4 Å². The molecule has 5 nitrogen and oxygen atoms in total. The number of carbonyl (C=O) groups is 2. The number of nitrogens with one attached hydrogen (secondary N) is 2. The Labute approximate surface area is 170 Å². The highest BCUT2D eigenvalue weighted by atomic mass is 35.5. The molecule has 2 aromatic carbocycles. The maximum Gasteiger partial charge on any atom is 0.257 e. The normalized spacial score (nSPS) is 13.8. The first kappa shape index (κ1) is 19.0. The standard InChI is InChI=1S/C17H13Cl2N3O2S2/c18-11-5-3-6-12(19)16(11)20-13-7-2-1-4-10(13)8-14(23)21-22-15(24)9-26-17(22)25/h1-7,20H,8-9H2,(H,21,23). The molecule has 26 heavy (non-hydrogen) atoms. The average Bonchev–Trinajstić information content (AvgIpc) is 2.91. The number of benzene rings is 2. The molecule has 0 bridgehead atoms. The molecule has 2 aromatic rings. The van der Waals surface area contributed by atoms with Crippen LogP contribution in [0.4, 0.5) is 11.4 Å². The fourth-order valence-electron chi connectivity index (χ4n) is 2.35. The number of para-hydroxylation sites is 2. The molecule has 3 rings (SSSR count). The van der Waals surface area contributed by atoms with Crippen LogP contribution >= 0.6 is 47.2 Å². The molecule has 0 saturated carbocycles. The second-order valence-corrected chi connectivity index (χ2v) is 7.80. The van der Waals surface area contributed by atoms with Crippen LogP contribution in [0.1, 0.15) is 5.56 Å². The molecule has 0 atom stereocenters. The summed E-state index contributed by atoms with van der Waals surface area (Å²) in [6.45, 7) is 0. The summed E-state index contributed by atoms with van der Waals surface area (Å²) in [6, 6.07) is 12.5. The number of hydrogen-bond acceptors (Lipinski definition) is 5. The summed E-state index contributed by atoms with van der Waals surface area (Å²) in [5.41, 5.74) is 4.53. The zero-order chi connectivity index (χ0) is 18.7. The van der Waals surface area contributed by atoms with Crippen LogP contribution in [0.15, 0.2) is 42.5 Å². The van der Waals surface area contributed by atoms with Gasteiger partial charge in [0, 0.05) is 5.69 Å². The number of halogens is 2. The van der Waals surface area contributed by atoms with E-state index >= 15 is 0 Å². The molecule has 1 fully saturated rings. The van der Waals surface area contributed by atoms with E-state index in [0.717, 1.165) is 10.6 Å². The molecule has 1 aliphatic rings. The van der Waals surface area contributed by atoms with Crippen LogP contribution in [-0.2, 0) is 16.0 Å².